The van der Waals surface area contributed by atoms with Crippen molar-refractivity contribution in [2.24, 2.45) is 0 Å². The molecule has 0 atom stereocenters. The van der Waals surface area contributed by atoms with Gasteiger partial charge in [-0.25, -0.2) is 0 Å². The second kappa shape index (κ2) is 6.92. The molecule has 0 aliphatic heterocycles. The first-order chi connectivity index (χ1) is 7.33. The van der Waals surface area contributed by atoms with Gasteiger partial charge in [0, 0.05) is 0 Å². The van der Waals surface area contributed by atoms with Gasteiger partial charge in [-0.05, 0) is 25.6 Å². The fourth-order valence-electron chi connectivity index (χ4n) is 1.05. The Labute approximate surface area is 91.6 Å². The van der Waals surface area contributed by atoms with E-state index in [9.17, 15) is 0 Å². The first kappa shape index (κ1) is 11.6. The van der Waals surface area contributed by atoms with Gasteiger partial charge in [-0.2, -0.15) is 0 Å². The predicted molar refractivity (Wildman–Crippen MR) is 63.0 cm³/mol. The minimum absolute atomic E-state index is 0.453. The van der Waals surface area contributed by atoms with Gasteiger partial charge in [-0.15, -0.1) is 0 Å². The summed E-state index contributed by atoms with van der Waals surface area (Å²) in [6.45, 7) is 6.25. The summed E-state index contributed by atoms with van der Waals surface area (Å²) in [4.78, 5) is 0. The average molecular weight is 203 g/mol. The van der Waals surface area contributed by atoms with E-state index in [2.05, 4.69) is 31.0 Å². The highest BCUT2D eigenvalue weighted by Gasteiger charge is 1.89. The number of rotatable bonds is 4. The third-order valence-electron chi connectivity index (χ3n) is 1.92. The van der Waals surface area contributed by atoms with Crippen molar-refractivity contribution in [2.45, 2.75) is 13.8 Å². The van der Waals surface area contributed by atoms with Gasteiger partial charge in [0.1, 0.15) is 12.4 Å². The van der Waals surface area contributed by atoms with Crippen LogP contribution in [0, 0.1) is 18.8 Å². The molecular weight excluding hydrogens is 186 g/mol. The van der Waals surface area contributed by atoms with Crippen LogP contribution in [0.2, 0.25) is 0 Å². The van der Waals surface area contributed by atoms with E-state index in [1.54, 1.807) is 0 Å². The lowest BCUT2D eigenvalue weighted by Gasteiger charge is -2.01. The van der Waals surface area contributed by atoms with Crippen LogP contribution in [0.25, 0.3) is 0 Å². The lowest BCUT2D eigenvalue weighted by Crippen LogP contribution is -2.12. The molecule has 0 amide bonds. The van der Waals surface area contributed by atoms with Crippen molar-refractivity contribution < 1.29 is 4.74 Å². The number of hydrogen-bond acceptors (Lipinski definition) is 2. The summed E-state index contributed by atoms with van der Waals surface area (Å²) in [5.41, 5.74) is 1.24. The van der Waals surface area contributed by atoms with Crippen LogP contribution in [0.4, 0.5) is 0 Å². The van der Waals surface area contributed by atoms with Crippen molar-refractivity contribution in [1.29, 1.82) is 0 Å². The van der Waals surface area contributed by atoms with E-state index in [0.29, 0.717) is 6.61 Å². The van der Waals surface area contributed by atoms with Crippen molar-refractivity contribution >= 4 is 0 Å². The molecule has 0 saturated carbocycles. The second-order valence-corrected chi connectivity index (χ2v) is 3.24. The first-order valence-electron chi connectivity index (χ1n) is 5.19. The van der Waals surface area contributed by atoms with Gasteiger partial charge in [0.25, 0.3) is 0 Å². The number of nitrogens with one attached hydrogen (secondary N) is 1. The molecule has 15 heavy (non-hydrogen) atoms. The van der Waals surface area contributed by atoms with Crippen molar-refractivity contribution in [3.05, 3.63) is 29.8 Å². The van der Waals surface area contributed by atoms with Crippen molar-refractivity contribution in [3.63, 3.8) is 0 Å². The quantitative estimate of drug-likeness (QED) is 0.597. The van der Waals surface area contributed by atoms with Crippen LogP contribution in [0.15, 0.2) is 24.3 Å². The molecule has 0 aliphatic carbocycles. The van der Waals surface area contributed by atoms with E-state index < -0.39 is 0 Å². The molecule has 0 radical (unpaired) electrons. The highest BCUT2D eigenvalue weighted by atomic mass is 16.5. The van der Waals surface area contributed by atoms with E-state index in [1.807, 2.05) is 24.3 Å². The van der Waals surface area contributed by atoms with E-state index in [-0.39, 0.29) is 0 Å². The summed E-state index contributed by atoms with van der Waals surface area (Å²) >= 11 is 0. The third-order valence-corrected chi connectivity index (χ3v) is 1.92. The molecule has 0 bridgehead atoms. The summed E-state index contributed by atoms with van der Waals surface area (Å²) in [6, 6.07) is 7.98. The normalized spacial score (nSPS) is 9.20. The zero-order chi connectivity index (χ0) is 10.9. The van der Waals surface area contributed by atoms with Crippen LogP contribution in [0.3, 0.4) is 0 Å². The summed E-state index contributed by atoms with van der Waals surface area (Å²) in [5.74, 6) is 6.80. The van der Waals surface area contributed by atoms with Crippen molar-refractivity contribution in [2.75, 3.05) is 19.7 Å². The fourth-order valence-corrected chi connectivity index (χ4v) is 1.05. The van der Waals surface area contributed by atoms with Crippen LogP contribution in [0.1, 0.15) is 12.5 Å². The lowest BCUT2D eigenvalue weighted by atomic mass is 10.2. The van der Waals surface area contributed by atoms with Gasteiger partial charge in [-0.1, -0.05) is 36.5 Å². The molecule has 0 heterocycles. The van der Waals surface area contributed by atoms with Crippen LogP contribution in [-0.4, -0.2) is 19.7 Å². The SMILES string of the molecule is CCNCC#CCOc1ccc(C)cc1. The molecule has 1 aromatic carbocycles. The Balaban J connectivity index is 2.24. The standard InChI is InChI=1S/C13H17NO/c1-3-14-10-4-5-11-15-13-8-6-12(2)7-9-13/h6-9,14H,3,10-11H2,1-2H3. The Kier molecular flexibility index (Phi) is 5.35. The molecular formula is C13H17NO. The fraction of sp³-hybridized carbons (Fsp3) is 0.385. The average Bonchev–Trinajstić information content (AvgIpc) is 2.26. The predicted octanol–water partition coefficient (Wildman–Crippen LogP) is 1.99. The minimum atomic E-state index is 0.453. The monoisotopic (exact) mass is 203 g/mol. The third kappa shape index (κ3) is 5.09. The van der Waals surface area contributed by atoms with E-state index in [1.165, 1.54) is 5.56 Å². The molecule has 80 valence electrons. The topological polar surface area (TPSA) is 21.3 Å². The van der Waals surface area contributed by atoms with Gasteiger partial charge in [-0.3, -0.25) is 0 Å². The summed E-state index contributed by atoms with van der Waals surface area (Å²) in [5, 5.41) is 3.13. The van der Waals surface area contributed by atoms with Gasteiger partial charge in [0.05, 0.1) is 6.54 Å². The van der Waals surface area contributed by atoms with Crippen LogP contribution < -0.4 is 10.1 Å². The Hall–Kier alpha value is -1.46. The van der Waals surface area contributed by atoms with E-state index in [4.69, 9.17) is 4.74 Å². The molecule has 0 spiro atoms. The van der Waals surface area contributed by atoms with Crippen LogP contribution in [-0.2, 0) is 0 Å². The number of benzene rings is 1. The van der Waals surface area contributed by atoms with Gasteiger partial charge in [0.15, 0.2) is 0 Å². The minimum Gasteiger partial charge on any atom is -0.481 e. The maximum absolute atomic E-state index is 5.44. The zero-order valence-corrected chi connectivity index (χ0v) is 9.34. The van der Waals surface area contributed by atoms with E-state index >= 15 is 0 Å². The van der Waals surface area contributed by atoms with Gasteiger partial charge in [0.2, 0.25) is 0 Å². The highest BCUT2D eigenvalue weighted by molar-refractivity contribution is 5.26. The summed E-state index contributed by atoms with van der Waals surface area (Å²) in [6.07, 6.45) is 0. The Morgan fingerprint density at radius 3 is 2.60 bits per heavy atom. The first-order valence-corrected chi connectivity index (χ1v) is 5.19. The maximum atomic E-state index is 5.44. The molecule has 1 aromatic rings. The van der Waals surface area contributed by atoms with Crippen molar-refractivity contribution in [3.8, 4) is 17.6 Å². The molecule has 2 nitrogen and oxygen atoms in total. The molecule has 0 fully saturated rings. The lowest BCUT2D eigenvalue weighted by molar-refractivity contribution is 0.370. The molecule has 2 heteroatoms. The molecule has 0 unspecified atom stereocenters. The molecule has 0 aromatic heterocycles. The Bertz CT molecular complexity index is 332. The van der Waals surface area contributed by atoms with Gasteiger partial charge < -0.3 is 10.1 Å². The van der Waals surface area contributed by atoms with Gasteiger partial charge >= 0.3 is 0 Å². The molecule has 1 rings (SSSR count). The van der Waals surface area contributed by atoms with E-state index in [0.717, 1.165) is 18.8 Å². The van der Waals surface area contributed by atoms with Crippen molar-refractivity contribution in [1.82, 2.24) is 5.32 Å². The Morgan fingerprint density at radius 1 is 1.20 bits per heavy atom. The zero-order valence-electron chi connectivity index (χ0n) is 9.34. The number of ether oxygens (including phenoxy) is 1. The smallest absolute Gasteiger partial charge is 0.149 e. The number of aryl methyl sites for hydroxylation is 1. The molecule has 1 N–H and O–H groups in total. The second-order valence-electron chi connectivity index (χ2n) is 3.24. The van der Waals surface area contributed by atoms with Crippen LogP contribution in [0.5, 0.6) is 5.75 Å². The summed E-state index contributed by atoms with van der Waals surface area (Å²) < 4.78 is 5.44. The molecule has 0 saturated heterocycles. The number of hydrogen-bond donors (Lipinski definition) is 1. The largest absolute Gasteiger partial charge is 0.481 e. The van der Waals surface area contributed by atoms with Crippen LogP contribution >= 0.6 is 0 Å². The molecule has 0 aliphatic rings. The highest BCUT2D eigenvalue weighted by Crippen LogP contribution is 2.10. The Morgan fingerprint density at radius 2 is 1.93 bits per heavy atom. The maximum Gasteiger partial charge on any atom is 0.149 e. The summed E-state index contributed by atoms with van der Waals surface area (Å²) in [7, 11) is 0.